The number of alkyl halides is 3. The first kappa shape index (κ1) is 32.3. The number of hydrogen-bond acceptors (Lipinski definition) is 7. The van der Waals surface area contributed by atoms with Crippen molar-refractivity contribution in [2.45, 2.75) is 44.0 Å². The van der Waals surface area contributed by atoms with Gasteiger partial charge in [-0.15, -0.1) is 0 Å². The van der Waals surface area contributed by atoms with Crippen LogP contribution in [0.15, 0.2) is 42.6 Å². The summed E-state index contributed by atoms with van der Waals surface area (Å²) >= 11 is 12.6. The van der Waals surface area contributed by atoms with Gasteiger partial charge in [0.25, 0.3) is 5.91 Å². The van der Waals surface area contributed by atoms with Crippen LogP contribution in [0.1, 0.15) is 47.4 Å². The van der Waals surface area contributed by atoms with Gasteiger partial charge in [0, 0.05) is 28.3 Å². The molecule has 2 heterocycles. The van der Waals surface area contributed by atoms with E-state index in [1.165, 1.54) is 37.4 Å². The molecule has 4 aromatic rings. The van der Waals surface area contributed by atoms with Crippen LogP contribution in [0.25, 0.3) is 22.2 Å². The Balaban J connectivity index is 1.57. The fraction of sp³-hybridized carbons (Fsp3) is 0.333. The number of halogens is 5. The van der Waals surface area contributed by atoms with Crippen LogP contribution in [0, 0.1) is 0 Å². The molecule has 1 saturated carbocycles. The van der Waals surface area contributed by atoms with Crippen LogP contribution in [0.2, 0.25) is 10.0 Å². The fourth-order valence-electron chi connectivity index (χ4n) is 4.87. The molecule has 0 bridgehead atoms. The maximum atomic E-state index is 14.7. The molecule has 15 heteroatoms. The number of ether oxygens (including phenoxy) is 2. The van der Waals surface area contributed by atoms with E-state index in [2.05, 4.69) is 15.4 Å². The SMILES string of the molecule is CCOc1c(CC(N)=O)cc([C@@](O)(CNC(=O)c2cc(OC)c3nn(C4CC4)cc3c2)C(F)(F)F)nc1-c1cccc(Cl)c1Cl. The maximum absolute atomic E-state index is 14.7. The van der Waals surface area contributed by atoms with Crippen molar-refractivity contribution < 1.29 is 37.3 Å². The molecule has 1 fully saturated rings. The number of nitrogens with one attached hydrogen (secondary N) is 1. The van der Waals surface area contributed by atoms with E-state index in [1.54, 1.807) is 17.8 Å². The molecule has 238 valence electrons. The first-order valence-corrected chi connectivity index (χ1v) is 14.6. The third-order valence-electron chi connectivity index (χ3n) is 7.30. The minimum absolute atomic E-state index is 0.0142. The number of pyridine rings is 1. The van der Waals surface area contributed by atoms with Crippen molar-refractivity contribution in [3.63, 3.8) is 0 Å². The van der Waals surface area contributed by atoms with Crippen LogP contribution in [0.4, 0.5) is 13.2 Å². The number of fused-ring (bicyclic) bond motifs is 1. The minimum Gasteiger partial charge on any atom is -0.494 e. The molecular weight excluding hydrogens is 638 g/mol. The van der Waals surface area contributed by atoms with E-state index in [4.69, 9.17) is 38.4 Å². The van der Waals surface area contributed by atoms with Crippen molar-refractivity contribution in [2.75, 3.05) is 20.3 Å². The summed E-state index contributed by atoms with van der Waals surface area (Å²) in [5.74, 6) is -1.60. The molecule has 2 aromatic heterocycles. The third-order valence-corrected chi connectivity index (χ3v) is 8.12. The predicted molar refractivity (Wildman–Crippen MR) is 161 cm³/mol. The second-order valence-corrected chi connectivity index (χ2v) is 11.3. The Labute approximate surface area is 265 Å². The van der Waals surface area contributed by atoms with Crippen molar-refractivity contribution >= 4 is 45.9 Å². The number of carbonyl (C=O) groups is 2. The Hall–Kier alpha value is -4.07. The lowest BCUT2D eigenvalue weighted by molar-refractivity contribution is -0.265. The lowest BCUT2D eigenvalue weighted by Gasteiger charge is -2.31. The summed E-state index contributed by atoms with van der Waals surface area (Å²) in [4.78, 5) is 29.3. The number of aliphatic hydroxyl groups is 1. The van der Waals surface area contributed by atoms with E-state index in [-0.39, 0.29) is 56.6 Å². The second-order valence-electron chi connectivity index (χ2n) is 10.5. The van der Waals surface area contributed by atoms with E-state index in [0.29, 0.717) is 10.9 Å². The van der Waals surface area contributed by atoms with Gasteiger partial charge in [0.1, 0.15) is 22.7 Å². The summed E-state index contributed by atoms with van der Waals surface area (Å²) in [5, 5.41) is 18.5. The van der Waals surface area contributed by atoms with Gasteiger partial charge in [0.05, 0.1) is 48.5 Å². The Bertz CT molecular complexity index is 1790. The quantitative estimate of drug-likeness (QED) is 0.196. The first-order chi connectivity index (χ1) is 21.3. The maximum Gasteiger partial charge on any atom is 0.424 e. The van der Waals surface area contributed by atoms with Crippen molar-refractivity contribution in [2.24, 2.45) is 5.73 Å². The predicted octanol–water partition coefficient (Wildman–Crippen LogP) is 5.36. The van der Waals surface area contributed by atoms with Gasteiger partial charge in [0.2, 0.25) is 11.5 Å². The van der Waals surface area contributed by atoms with Crippen LogP contribution in [0.3, 0.4) is 0 Å². The van der Waals surface area contributed by atoms with Gasteiger partial charge in [-0.1, -0.05) is 35.3 Å². The van der Waals surface area contributed by atoms with Gasteiger partial charge in [-0.2, -0.15) is 18.3 Å². The third kappa shape index (κ3) is 6.37. The summed E-state index contributed by atoms with van der Waals surface area (Å²) < 4.78 is 57.0. The molecule has 10 nitrogen and oxygen atoms in total. The molecule has 5 rings (SSSR count). The highest BCUT2D eigenvalue weighted by molar-refractivity contribution is 6.43. The molecule has 0 aliphatic heterocycles. The van der Waals surface area contributed by atoms with Crippen LogP contribution in [0.5, 0.6) is 11.5 Å². The summed E-state index contributed by atoms with van der Waals surface area (Å²) in [6.45, 7) is 0.331. The van der Waals surface area contributed by atoms with Gasteiger partial charge in [-0.05, 0) is 44.0 Å². The van der Waals surface area contributed by atoms with Gasteiger partial charge < -0.3 is 25.6 Å². The topological polar surface area (TPSA) is 142 Å². The molecule has 2 amide bonds. The molecule has 1 atom stereocenters. The van der Waals surface area contributed by atoms with E-state index in [0.717, 1.165) is 18.9 Å². The first-order valence-electron chi connectivity index (χ1n) is 13.8. The van der Waals surface area contributed by atoms with E-state index in [1.807, 2.05) is 0 Å². The highest BCUT2D eigenvalue weighted by Gasteiger charge is 2.57. The van der Waals surface area contributed by atoms with Gasteiger partial charge >= 0.3 is 6.18 Å². The monoisotopic (exact) mass is 665 g/mol. The van der Waals surface area contributed by atoms with Crippen molar-refractivity contribution in [3.05, 3.63) is 69.5 Å². The number of nitrogens with two attached hydrogens (primary N) is 1. The molecule has 0 radical (unpaired) electrons. The number of methoxy groups -OCH3 is 1. The summed E-state index contributed by atoms with van der Waals surface area (Å²) in [6, 6.07) is 8.36. The van der Waals surface area contributed by atoms with Gasteiger partial charge in [0.15, 0.2) is 0 Å². The number of nitrogens with zero attached hydrogens (tertiary/aromatic N) is 3. The molecule has 45 heavy (non-hydrogen) atoms. The van der Waals surface area contributed by atoms with E-state index >= 15 is 0 Å². The van der Waals surface area contributed by atoms with Crippen molar-refractivity contribution in [1.29, 1.82) is 0 Å². The summed E-state index contributed by atoms with van der Waals surface area (Å²) in [7, 11) is 1.39. The molecule has 2 aromatic carbocycles. The Morgan fingerprint density at radius 1 is 1.20 bits per heavy atom. The Kier molecular flexibility index (Phi) is 8.89. The van der Waals surface area contributed by atoms with Crippen LogP contribution in [-0.4, -0.2) is 58.1 Å². The Morgan fingerprint density at radius 2 is 1.93 bits per heavy atom. The molecule has 1 aliphatic rings. The van der Waals surface area contributed by atoms with E-state index in [9.17, 15) is 27.9 Å². The second kappa shape index (κ2) is 12.4. The number of aromatic nitrogens is 3. The van der Waals surface area contributed by atoms with Crippen LogP contribution in [-0.2, 0) is 16.8 Å². The Morgan fingerprint density at radius 3 is 2.56 bits per heavy atom. The zero-order chi connectivity index (χ0) is 32.7. The highest BCUT2D eigenvalue weighted by atomic mass is 35.5. The fourth-order valence-corrected chi connectivity index (χ4v) is 5.26. The highest BCUT2D eigenvalue weighted by Crippen LogP contribution is 2.44. The number of hydrogen-bond donors (Lipinski definition) is 3. The summed E-state index contributed by atoms with van der Waals surface area (Å²) in [6.07, 6.45) is -2.24. The lowest BCUT2D eigenvalue weighted by Crippen LogP contribution is -2.51. The van der Waals surface area contributed by atoms with Crippen LogP contribution >= 0.6 is 23.2 Å². The smallest absolute Gasteiger partial charge is 0.424 e. The number of rotatable bonds is 11. The molecule has 0 spiro atoms. The number of carbonyl (C=O) groups excluding carboxylic acids is 2. The molecule has 0 unspecified atom stereocenters. The average molecular weight is 666 g/mol. The zero-order valence-corrected chi connectivity index (χ0v) is 25.6. The largest absolute Gasteiger partial charge is 0.494 e. The number of primary amides is 1. The average Bonchev–Trinajstić information content (AvgIpc) is 3.75. The van der Waals surface area contributed by atoms with Gasteiger partial charge in [-0.3, -0.25) is 14.3 Å². The zero-order valence-electron chi connectivity index (χ0n) is 24.0. The normalized spacial score (nSPS) is 14.7. The molecule has 4 N–H and O–H groups in total. The van der Waals surface area contributed by atoms with Crippen molar-refractivity contribution in [1.82, 2.24) is 20.1 Å². The van der Waals surface area contributed by atoms with Crippen molar-refractivity contribution in [3.8, 4) is 22.8 Å². The molecule has 1 aliphatic carbocycles. The minimum atomic E-state index is -5.35. The van der Waals surface area contributed by atoms with E-state index < -0.39 is 42.3 Å². The number of amides is 2. The lowest BCUT2D eigenvalue weighted by atomic mass is 9.93. The molecular formula is C30H28Cl2F3N5O5. The van der Waals surface area contributed by atoms with Crippen LogP contribution < -0.4 is 20.5 Å². The standard InChI is InChI=1S/C30H28Cl2F3N5O5/c1-3-45-27-15(12-23(36)41)11-22(38-26(27)19-5-4-6-20(31)24(19)32)29(43,30(33,34)35)14-37-28(42)16-9-17-13-40(18-7-8-18)39-25(17)21(10-16)44-2/h4-6,9-11,13,18,43H,3,7-8,12,14H2,1-2H3,(H2,36,41)(H,37,42)/t29-/m0/s1. The number of benzene rings is 2. The van der Waals surface area contributed by atoms with Gasteiger partial charge in [-0.25, -0.2) is 4.98 Å². The summed E-state index contributed by atoms with van der Waals surface area (Å²) in [5.41, 5.74) is 1.01. The molecule has 0 saturated heterocycles.